The van der Waals surface area contributed by atoms with E-state index in [2.05, 4.69) is 0 Å². The number of esters is 1. The fraction of sp³-hybridized carbons (Fsp3) is 0.176. The molecule has 2 rings (SSSR count). The number of carboxylic acid groups (broad SMARTS) is 1. The smallest absolute Gasteiger partial charge is 0.338 e. The summed E-state index contributed by atoms with van der Waals surface area (Å²) in [5.41, 5.74) is 7.51. The quantitative estimate of drug-likeness (QED) is 0.693. The first-order chi connectivity index (χ1) is 11.0. The molecule has 0 aliphatic heterocycles. The predicted molar refractivity (Wildman–Crippen MR) is 83.8 cm³/mol. The molecule has 6 nitrogen and oxygen atoms in total. The third-order valence-electron chi connectivity index (χ3n) is 3.31. The van der Waals surface area contributed by atoms with Gasteiger partial charge in [-0.2, -0.15) is 0 Å². The highest BCUT2D eigenvalue weighted by atomic mass is 16.5. The van der Waals surface area contributed by atoms with Gasteiger partial charge in [-0.25, -0.2) is 4.79 Å². The molecule has 0 unspecified atom stereocenters. The van der Waals surface area contributed by atoms with Crippen LogP contribution in [0.25, 0.3) is 11.1 Å². The van der Waals surface area contributed by atoms with Gasteiger partial charge < -0.3 is 20.7 Å². The number of benzene rings is 2. The summed E-state index contributed by atoms with van der Waals surface area (Å²) in [5, 5.41) is 18.1. The second-order valence-corrected chi connectivity index (χ2v) is 4.97. The minimum atomic E-state index is -1.50. The molecule has 0 heterocycles. The Bertz CT molecular complexity index is 669. The Morgan fingerprint density at radius 3 is 2.13 bits per heavy atom. The van der Waals surface area contributed by atoms with Crippen molar-refractivity contribution in [1.82, 2.24) is 0 Å². The third kappa shape index (κ3) is 4.38. The maximum atomic E-state index is 11.9. The molecule has 0 saturated heterocycles. The highest BCUT2D eigenvalue weighted by molar-refractivity contribution is 5.90. The van der Waals surface area contributed by atoms with Crippen LogP contribution >= 0.6 is 0 Å². The van der Waals surface area contributed by atoms with Crippen molar-refractivity contribution in [2.75, 3.05) is 6.61 Å². The molecular weight excluding hydrogens is 298 g/mol. The lowest BCUT2D eigenvalue weighted by atomic mass is 10.0. The summed E-state index contributed by atoms with van der Waals surface area (Å²) in [6, 6.07) is 15.0. The number of ether oxygens (including phenoxy) is 1. The Balaban J connectivity index is 1.97. The van der Waals surface area contributed by atoms with Gasteiger partial charge in [0.15, 0.2) is 0 Å². The van der Waals surface area contributed by atoms with E-state index in [0.29, 0.717) is 5.56 Å². The molecule has 2 aromatic rings. The average Bonchev–Trinajstić information content (AvgIpc) is 2.59. The van der Waals surface area contributed by atoms with E-state index in [9.17, 15) is 14.7 Å². The molecule has 0 aliphatic carbocycles. The fourth-order valence-corrected chi connectivity index (χ4v) is 1.94. The van der Waals surface area contributed by atoms with Crippen molar-refractivity contribution in [3.8, 4) is 11.1 Å². The van der Waals surface area contributed by atoms with E-state index in [1.807, 2.05) is 30.3 Å². The summed E-state index contributed by atoms with van der Waals surface area (Å²) >= 11 is 0. The van der Waals surface area contributed by atoms with Gasteiger partial charge in [-0.3, -0.25) is 4.79 Å². The lowest BCUT2D eigenvalue weighted by Crippen LogP contribution is -2.44. The van der Waals surface area contributed by atoms with Crippen molar-refractivity contribution in [2.24, 2.45) is 5.73 Å². The van der Waals surface area contributed by atoms with E-state index >= 15 is 0 Å². The largest absolute Gasteiger partial charge is 0.480 e. The lowest BCUT2D eigenvalue weighted by molar-refractivity contribution is -0.142. The molecule has 4 N–H and O–H groups in total. The molecule has 2 atom stereocenters. The minimum absolute atomic E-state index is 0.306. The molecule has 0 aliphatic rings. The standard InChI is InChI=1S/C17H17NO5/c18-15(16(20)21)14(19)10-23-17(22)13-8-6-12(7-9-13)11-4-2-1-3-5-11/h1-9,14-15,19H,10,18H2,(H,20,21)/t14-,15+/m1/s1. The van der Waals surface area contributed by atoms with E-state index in [1.165, 1.54) is 0 Å². The van der Waals surface area contributed by atoms with Gasteiger partial charge in [-0.15, -0.1) is 0 Å². The first kappa shape index (κ1) is 16.7. The maximum Gasteiger partial charge on any atom is 0.338 e. The normalized spacial score (nSPS) is 13.1. The highest BCUT2D eigenvalue weighted by Gasteiger charge is 2.23. The first-order valence-electron chi connectivity index (χ1n) is 6.98. The molecule has 0 saturated carbocycles. The van der Waals surface area contributed by atoms with Gasteiger partial charge in [-0.1, -0.05) is 42.5 Å². The van der Waals surface area contributed by atoms with Crippen LogP contribution in [0.1, 0.15) is 10.4 Å². The molecule has 0 fully saturated rings. The van der Waals surface area contributed by atoms with Gasteiger partial charge in [0.05, 0.1) is 5.56 Å². The van der Waals surface area contributed by atoms with E-state index in [4.69, 9.17) is 15.6 Å². The topological polar surface area (TPSA) is 110 Å². The van der Waals surface area contributed by atoms with Crippen LogP contribution in [0.4, 0.5) is 0 Å². The number of rotatable bonds is 6. The predicted octanol–water partition coefficient (Wildman–Crippen LogP) is 1.28. The Hall–Kier alpha value is -2.70. The number of carbonyl (C=O) groups is 2. The Morgan fingerprint density at radius 1 is 1.00 bits per heavy atom. The zero-order chi connectivity index (χ0) is 16.8. The van der Waals surface area contributed by atoms with Gasteiger partial charge in [-0.05, 0) is 23.3 Å². The molecule has 6 heteroatoms. The van der Waals surface area contributed by atoms with Gasteiger partial charge in [0.2, 0.25) is 0 Å². The van der Waals surface area contributed by atoms with E-state index < -0.39 is 30.7 Å². The number of aliphatic hydroxyl groups is 1. The van der Waals surface area contributed by atoms with Crippen molar-refractivity contribution in [2.45, 2.75) is 12.1 Å². The van der Waals surface area contributed by atoms with Crippen molar-refractivity contribution in [3.05, 3.63) is 60.2 Å². The summed E-state index contributed by atoms with van der Waals surface area (Å²) in [4.78, 5) is 22.5. The van der Waals surface area contributed by atoms with Crippen LogP contribution < -0.4 is 5.73 Å². The van der Waals surface area contributed by atoms with Crippen LogP contribution in [-0.4, -0.2) is 40.9 Å². The van der Waals surface area contributed by atoms with Crippen molar-refractivity contribution < 1.29 is 24.5 Å². The number of carboxylic acids is 1. The second kappa shape index (κ2) is 7.53. The maximum absolute atomic E-state index is 11.9. The Labute approximate surface area is 133 Å². The number of hydrogen-bond donors (Lipinski definition) is 3. The first-order valence-corrected chi connectivity index (χ1v) is 6.98. The zero-order valence-corrected chi connectivity index (χ0v) is 12.3. The molecule has 0 aromatic heterocycles. The van der Waals surface area contributed by atoms with Crippen molar-refractivity contribution in [1.29, 1.82) is 0 Å². The van der Waals surface area contributed by atoms with Crippen LogP contribution in [0.5, 0.6) is 0 Å². The molecular formula is C17H17NO5. The number of carbonyl (C=O) groups excluding carboxylic acids is 1. The SMILES string of the molecule is N[C@H](C(=O)O)[C@H](O)COC(=O)c1ccc(-c2ccccc2)cc1. The number of nitrogens with two attached hydrogens (primary N) is 1. The van der Waals surface area contributed by atoms with Gasteiger partial charge in [0.25, 0.3) is 0 Å². The summed E-state index contributed by atoms with van der Waals surface area (Å²) < 4.78 is 4.87. The molecule has 2 aromatic carbocycles. The zero-order valence-electron chi connectivity index (χ0n) is 12.3. The van der Waals surface area contributed by atoms with Gasteiger partial charge in [0.1, 0.15) is 18.8 Å². The average molecular weight is 315 g/mol. The number of aliphatic carboxylic acids is 1. The van der Waals surface area contributed by atoms with E-state index in [-0.39, 0.29) is 0 Å². The summed E-state index contributed by atoms with van der Waals surface area (Å²) in [6.07, 6.45) is -1.46. The Morgan fingerprint density at radius 2 is 1.57 bits per heavy atom. The number of hydrogen-bond acceptors (Lipinski definition) is 5. The van der Waals surface area contributed by atoms with Gasteiger partial charge in [0, 0.05) is 0 Å². The van der Waals surface area contributed by atoms with Crippen LogP contribution in [0.15, 0.2) is 54.6 Å². The summed E-state index contributed by atoms with van der Waals surface area (Å²) in [7, 11) is 0. The third-order valence-corrected chi connectivity index (χ3v) is 3.31. The van der Waals surface area contributed by atoms with Crippen LogP contribution in [0.3, 0.4) is 0 Å². The molecule has 0 amide bonds. The Kier molecular flexibility index (Phi) is 5.46. The summed E-state index contributed by atoms with van der Waals surface area (Å²) in [6.45, 7) is -0.479. The molecule has 0 spiro atoms. The van der Waals surface area contributed by atoms with Crippen LogP contribution in [0.2, 0.25) is 0 Å². The molecule has 0 radical (unpaired) electrons. The molecule has 0 bridgehead atoms. The molecule has 23 heavy (non-hydrogen) atoms. The number of aliphatic hydroxyl groups excluding tert-OH is 1. The van der Waals surface area contributed by atoms with Crippen LogP contribution in [-0.2, 0) is 9.53 Å². The highest BCUT2D eigenvalue weighted by Crippen LogP contribution is 2.19. The van der Waals surface area contributed by atoms with E-state index in [1.54, 1.807) is 24.3 Å². The van der Waals surface area contributed by atoms with Crippen LogP contribution in [0, 0.1) is 0 Å². The van der Waals surface area contributed by atoms with E-state index in [0.717, 1.165) is 11.1 Å². The minimum Gasteiger partial charge on any atom is -0.480 e. The summed E-state index contributed by atoms with van der Waals surface area (Å²) in [5.74, 6) is -2.01. The lowest BCUT2D eigenvalue weighted by Gasteiger charge is -2.14. The second-order valence-electron chi connectivity index (χ2n) is 4.97. The van der Waals surface area contributed by atoms with Gasteiger partial charge >= 0.3 is 11.9 Å². The monoisotopic (exact) mass is 315 g/mol. The van der Waals surface area contributed by atoms with Crippen molar-refractivity contribution >= 4 is 11.9 Å². The van der Waals surface area contributed by atoms with Crippen molar-refractivity contribution in [3.63, 3.8) is 0 Å². The molecule has 120 valence electrons. The fourth-order valence-electron chi connectivity index (χ4n) is 1.94.